The minimum atomic E-state index is -4.35. The fourth-order valence-corrected chi connectivity index (χ4v) is 3.11. The van der Waals surface area contributed by atoms with Crippen LogP contribution in [0, 0.1) is 17.5 Å². The van der Waals surface area contributed by atoms with E-state index in [0.717, 1.165) is 19.3 Å². The molecule has 0 radical (unpaired) electrons. The van der Waals surface area contributed by atoms with Crippen molar-refractivity contribution in [3.8, 4) is 0 Å². The molecule has 1 rings (SSSR count). The smallest absolute Gasteiger partial charge is 0.397 e. The van der Waals surface area contributed by atoms with Crippen LogP contribution in [-0.2, 0) is 15.6 Å². The quantitative estimate of drug-likeness (QED) is 0.125. The van der Waals surface area contributed by atoms with Crippen LogP contribution >= 0.6 is 0 Å². The number of benzene rings is 1. The molecule has 166 valence electrons. The van der Waals surface area contributed by atoms with E-state index in [1.165, 1.54) is 44.9 Å². The molecular formula is C22H31F5O2. The Hall–Kier alpha value is -1.66. The molecule has 0 bridgehead atoms. The SMILES string of the molecule is CCCCCCCCCCCCCCC(=O)OC(F)(F)c1ccc(F)c(F)c1F. The highest BCUT2D eigenvalue weighted by atomic mass is 19.3. The van der Waals surface area contributed by atoms with Gasteiger partial charge in [0.2, 0.25) is 0 Å². The van der Waals surface area contributed by atoms with Gasteiger partial charge >= 0.3 is 12.1 Å². The van der Waals surface area contributed by atoms with Gasteiger partial charge in [0, 0.05) is 6.42 Å². The lowest BCUT2D eigenvalue weighted by Crippen LogP contribution is -2.24. The Balaban J connectivity index is 2.17. The summed E-state index contributed by atoms with van der Waals surface area (Å²) < 4.78 is 71.1. The molecule has 0 heterocycles. The molecule has 0 saturated heterocycles. The summed E-state index contributed by atoms with van der Waals surface area (Å²) in [4.78, 5) is 11.6. The van der Waals surface area contributed by atoms with Crippen LogP contribution in [0.25, 0.3) is 0 Å². The molecule has 0 fully saturated rings. The third-order valence-corrected chi connectivity index (χ3v) is 4.83. The van der Waals surface area contributed by atoms with Crippen LogP contribution in [0.2, 0.25) is 0 Å². The first kappa shape index (κ1) is 25.4. The molecule has 0 spiro atoms. The maximum atomic E-state index is 13.9. The fourth-order valence-electron chi connectivity index (χ4n) is 3.11. The minimum absolute atomic E-state index is 0.238. The Bertz CT molecular complexity index is 619. The Labute approximate surface area is 169 Å². The van der Waals surface area contributed by atoms with Gasteiger partial charge in [0.05, 0.1) is 0 Å². The molecule has 0 aliphatic heterocycles. The molecular weight excluding hydrogens is 391 g/mol. The zero-order valence-electron chi connectivity index (χ0n) is 17.1. The van der Waals surface area contributed by atoms with Gasteiger partial charge in [-0.1, -0.05) is 77.6 Å². The summed E-state index contributed by atoms with van der Waals surface area (Å²) in [5, 5.41) is 0. The Morgan fingerprint density at radius 1 is 0.793 bits per heavy atom. The van der Waals surface area contributed by atoms with Gasteiger partial charge in [-0.25, -0.2) is 13.2 Å². The first-order valence-corrected chi connectivity index (χ1v) is 10.5. The maximum absolute atomic E-state index is 13.9. The zero-order chi connectivity index (χ0) is 21.7. The van der Waals surface area contributed by atoms with Crippen LogP contribution in [-0.4, -0.2) is 5.97 Å². The normalized spacial score (nSPS) is 11.7. The van der Waals surface area contributed by atoms with E-state index in [4.69, 9.17) is 0 Å². The van der Waals surface area contributed by atoms with Crippen LogP contribution < -0.4 is 0 Å². The van der Waals surface area contributed by atoms with Gasteiger partial charge in [-0.15, -0.1) is 0 Å². The van der Waals surface area contributed by atoms with E-state index >= 15 is 0 Å². The number of halogens is 5. The van der Waals surface area contributed by atoms with Gasteiger partial charge in [0.1, 0.15) is 5.56 Å². The Morgan fingerprint density at radius 2 is 1.28 bits per heavy atom. The number of esters is 1. The zero-order valence-corrected chi connectivity index (χ0v) is 17.1. The fraction of sp³-hybridized carbons (Fsp3) is 0.682. The molecule has 0 aliphatic carbocycles. The van der Waals surface area contributed by atoms with Gasteiger partial charge in [0.15, 0.2) is 17.5 Å². The van der Waals surface area contributed by atoms with Crippen molar-refractivity contribution in [3.05, 3.63) is 35.1 Å². The lowest BCUT2D eigenvalue weighted by molar-refractivity contribution is -0.241. The van der Waals surface area contributed by atoms with Gasteiger partial charge in [-0.3, -0.25) is 4.79 Å². The van der Waals surface area contributed by atoms with Crippen LogP contribution in [0.5, 0.6) is 0 Å². The molecule has 7 heteroatoms. The highest BCUT2D eigenvalue weighted by Gasteiger charge is 2.40. The van der Waals surface area contributed by atoms with E-state index in [0.29, 0.717) is 25.0 Å². The number of alkyl halides is 2. The van der Waals surface area contributed by atoms with E-state index in [2.05, 4.69) is 11.7 Å². The Kier molecular flexibility index (Phi) is 11.9. The predicted molar refractivity (Wildman–Crippen MR) is 102 cm³/mol. The number of unbranched alkanes of at least 4 members (excludes halogenated alkanes) is 11. The molecule has 0 amide bonds. The van der Waals surface area contributed by atoms with Gasteiger partial charge in [0.25, 0.3) is 0 Å². The summed E-state index contributed by atoms with van der Waals surface area (Å²) in [6.07, 6.45) is 8.34. The lowest BCUT2D eigenvalue weighted by Gasteiger charge is -2.17. The summed E-state index contributed by atoms with van der Waals surface area (Å²) >= 11 is 0. The second-order valence-electron chi connectivity index (χ2n) is 7.35. The highest BCUT2D eigenvalue weighted by Crippen LogP contribution is 2.33. The first-order valence-electron chi connectivity index (χ1n) is 10.5. The molecule has 2 nitrogen and oxygen atoms in total. The molecule has 0 saturated carbocycles. The Morgan fingerprint density at radius 3 is 1.79 bits per heavy atom. The molecule has 0 unspecified atom stereocenters. The molecule has 1 aromatic rings. The minimum Gasteiger partial charge on any atom is -0.397 e. The van der Waals surface area contributed by atoms with Crippen molar-refractivity contribution in [2.75, 3.05) is 0 Å². The summed E-state index contributed by atoms with van der Waals surface area (Å²) in [6, 6.07) is 0.728. The predicted octanol–water partition coefficient (Wildman–Crippen LogP) is 7.79. The maximum Gasteiger partial charge on any atom is 0.431 e. The van der Waals surface area contributed by atoms with E-state index in [1.54, 1.807) is 0 Å². The van der Waals surface area contributed by atoms with Crippen molar-refractivity contribution in [2.45, 2.75) is 96.5 Å². The van der Waals surface area contributed by atoms with E-state index in [-0.39, 0.29) is 6.42 Å². The standard InChI is InChI=1S/C22H31F5O2/c1-2-3-4-5-6-7-8-9-10-11-12-13-14-19(28)29-22(26,27)17-15-16-18(23)21(25)20(17)24/h15-16H,2-14H2,1H3. The van der Waals surface area contributed by atoms with Crippen LogP contribution in [0.4, 0.5) is 22.0 Å². The molecule has 0 aliphatic rings. The van der Waals surface area contributed by atoms with Crippen molar-refractivity contribution in [1.82, 2.24) is 0 Å². The topological polar surface area (TPSA) is 26.3 Å². The van der Waals surface area contributed by atoms with E-state index in [9.17, 15) is 26.7 Å². The van der Waals surface area contributed by atoms with Crippen molar-refractivity contribution in [1.29, 1.82) is 0 Å². The molecule has 0 N–H and O–H groups in total. The number of hydrogen-bond donors (Lipinski definition) is 0. The van der Waals surface area contributed by atoms with Gasteiger partial charge in [-0.05, 0) is 18.6 Å². The van der Waals surface area contributed by atoms with Gasteiger partial charge < -0.3 is 4.74 Å². The van der Waals surface area contributed by atoms with E-state index in [1.807, 2.05) is 0 Å². The molecule has 29 heavy (non-hydrogen) atoms. The van der Waals surface area contributed by atoms with Crippen molar-refractivity contribution >= 4 is 5.97 Å². The first-order chi connectivity index (χ1) is 13.8. The summed E-state index contributed by atoms with van der Waals surface area (Å²) in [5.74, 6) is -6.89. The third kappa shape index (κ3) is 9.59. The van der Waals surface area contributed by atoms with Crippen LogP contribution in [0.1, 0.15) is 96.0 Å². The average Bonchev–Trinajstić information content (AvgIpc) is 2.66. The number of carbonyl (C=O) groups is 1. The van der Waals surface area contributed by atoms with Crippen LogP contribution in [0.15, 0.2) is 12.1 Å². The largest absolute Gasteiger partial charge is 0.431 e. The van der Waals surface area contributed by atoms with Gasteiger partial charge in [-0.2, -0.15) is 8.78 Å². The number of rotatable bonds is 15. The number of ether oxygens (including phenoxy) is 1. The third-order valence-electron chi connectivity index (χ3n) is 4.83. The number of carbonyl (C=O) groups excluding carboxylic acids is 1. The summed E-state index contributed by atoms with van der Waals surface area (Å²) in [5.41, 5.74) is -1.50. The second kappa shape index (κ2) is 13.5. The van der Waals surface area contributed by atoms with Crippen molar-refractivity contribution < 1.29 is 31.5 Å². The van der Waals surface area contributed by atoms with Crippen molar-refractivity contribution in [2.24, 2.45) is 0 Å². The van der Waals surface area contributed by atoms with E-state index < -0.39 is 35.1 Å². The van der Waals surface area contributed by atoms with Crippen molar-refractivity contribution in [3.63, 3.8) is 0 Å². The number of hydrogen-bond acceptors (Lipinski definition) is 2. The monoisotopic (exact) mass is 422 g/mol. The molecule has 0 atom stereocenters. The summed E-state index contributed by atoms with van der Waals surface area (Å²) in [7, 11) is 0. The second-order valence-corrected chi connectivity index (χ2v) is 7.35. The summed E-state index contributed by atoms with van der Waals surface area (Å²) in [6.45, 7) is 2.19. The molecule has 0 aromatic heterocycles. The average molecular weight is 422 g/mol. The molecule has 1 aromatic carbocycles. The van der Waals surface area contributed by atoms with Crippen LogP contribution in [0.3, 0.4) is 0 Å². The highest BCUT2D eigenvalue weighted by molar-refractivity contribution is 5.69. The lowest BCUT2D eigenvalue weighted by atomic mass is 10.0.